The Hall–Kier alpha value is -2.18. The van der Waals surface area contributed by atoms with E-state index in [0.29, 0.717) is 22.4 Å². The van der Waals surface area contributed by atoms with E-state index in [2.05, 4.69) is 20.3 Å². The second-order valence-corrected chi connectivity index (χ2v) is 7.64. The SMILES string of the molecule is CCc1nc(SCC(=O)Nc2nc3c(s2)CCCC3)[nH]c(=O)c1C#N. The van der Waals surface area contributed by atoms with Crippen LogP contribution in [0.3, 0.4) is 0 Å². The zero-order chi connectivity index (χ0) is 17.8. The molecule has 2 aromatic heterocycles. The Bertz CT molecular complexity index is 873. The fraction of sp³-hybridized carbons (Fsp3) is 0.438. The van der Waals surface area contributed by atoms with Crippen molar-refractivity contribution < 1.29 is 4.79 Å². The topological polar surface area (TPSA) is 112 Å². The second kappa shape index (κ2) is 7.80. The molecule has 0 atom stereocenters. The number of nitrogens with one attached hydrogen (secondary N) is 2. The molecule has 0 saturated carbocycles. The van der Waals surface area contributed by atoms with Crippen molar-refractivity contribution in [3.8, 4) is 6.07 Å². The molecular formula is C16H17N5O2S2. The van der Waals surface area contributed by atoms with E-state index < -0.39 is 5.56 Å². The number of thiazole rings is 1. The molecule has 0 bridgehead atoms. The highest BCUT2D eigenvalue weighted by Crippen LogP contribution is 2.29. The van der Waals surface area contributed by atoms with Gasteiger partial charge in [0.1, 0.15) is 11.6 Å². The Morgan fingerprint density at radius 2 is 2.20 bits per heavy atom. The number of anilines is 1. The third-order valence-corrected chi connectivity index (χ3v) is 5.80. The van der Waals surface area contributed by atoms with Crippen LogP contribution in [0.15, 0.2) is 9.95 Å². The molecule has 0 saturated heterocycles. The van der Waals surface area contributed by atoms with Crippen LogP contribution in [-0.2, 0) is 24.1 Å². The molecule has 0 unspecified atom stereocenters. The third-order valence-electron chi connectivity index (χ3n) is 3.85. The predicted octanol–water partition coefficient (Wildman–Crippen LogP) is 2.27. The zero-order valence-electron chi connectivity index (χ0n) is 13.7. The highest BCUT2D eigenvalue weighted by molar-refractivity contribution is 7.99. The second-order valence-electron chi connectivity index (χ2n) is 5.59. The van der Waals surface area contributed by atoms with Gasteiger partial charge in [-0.15, -0.1) is 11.3 Å². The summed E-state index contributed by atoms with van der Waals surface area (Å²) in [7, 11) is 0. The number of fused-ring (bicyclic) bond motifs is 1. The van der Waals surface area contributed by atoms with Gasteiger partial charge in [0.2, 0.25) is 5.91 Å². The highest BCUT2D eigenvalue weighted by Gasteiger charge is 2.17. The first-order valence-corrected chi connectivity index (χ1v) is 9.85. The Balaban J connectivity index is 1.63. The van der Waals surface area contributed by atoms with Crippen molar-refractivity contribution in [2.75, 3.05) is 11.1 Å². The van der Waals surface area contributed by atoms with Crippen LogP contribution in [0.2, 0.25) is 0 Å². The number of carbonyl (C=O) groups excluding carboxylic acids is 1. The molecule has 1 aliphatic rings. The van der Waals surface area contributed by atoms with Crippen LogP contribution >= 0.6 is 23.1 Å². The maximum atomic E-state index is 12.1. The molecule has 2 N–H and O–H groups in total. The summed E-state index contributed by atoms with van der Waals surface area (Å²) in [6.45, 7) is 1.83. The fourth-order valence-electron chi connectivity index (χ4n) is 2.63. The summed E-state index contributed by atoms with van der Waals surface area (Å²) in [6, 6.07) is 1.86. The first-order chi connectivity index (χ1) is 12.1. The molecule has 0 radical (unpaired) electrons. The van der Waals surface area contributed by atoms with Crippen LogP contribution in [0.1, 0.15) is 41.6 Å². The number of carbonyl (C=O) groups is 1. The van der Waals surface area contributed by atoms with Crippen molar-refractivity contribution in [1.82, 2.24) is 15.0 Å². The number of hydrogen-bond donors (Lipinski definition) is 2. The Labute approximate surface area is 152 Å². The lowest BCUT2D eigenvalue weighted by Crippen LogP contribution is -2.18. The number of aromatic amines is 1. The van der Waals surface area contributed by atoms with E-state index in [4.69, 9.17) is 5.26 Å². The molecule has 7 nitrogen and oxygen atoms in total. The predicted molar refractivity (Wildman–Crippen MR) is 97.1 cm³/mol. The summed E-state index contributed by atoms with van der Waals surface area (Å²) < 4.78 is 0. The number of H-pyrrole nitrogens is 1. The van der Waals surface area contributed by atoms with Crippen LogP contribution in [0.25, 0.3) is 0 Å². The van der Waals surface area contributed by atoms with Gasteiger partial charge in [-0.3, -0.25) is 9.59 Å². The lowest BCUT2D eigenvalue weighted by Gasteiger charge is -2.06. The van der Waals surface area contributed by atoms with Gasteiger partial charge in [-0.05, 0) is 32.1 Å². The molecule has 25 heavy (non-hydrogen) atoms. The van der Waals surface area contributed by atoms with Gasteiger partial charge in [-0.25, -0.2) is 9.97 Å². The minimum absolute atomic E-state index is 0.0321. The Morgan fingerprint density at radius 3 is 2.92 bits per heavy atom. The average molecular weight is 375 g/mol. The number of rotatable bonds is 5. The lowest BCUT2D eigenvalue weighted by atomic mass is 10.0. The van der Waals surface area contributed by atoms with E-state index in [1.807, 2.05) is 13.0 Å². The van der Waals surface area contributed by atoms with Crippen LogP contribution < -0.4 is 10.9 Å². The molecule has 1 amide bonds. The first-order valence-electron chi connectivity index (χ1n) is 8.05. The van der Waals surface area contributed by atoms with Gasteiger partial charge in [0, 0.05) is 4.88 Å². The van der Waals surface area contributed by atoms with Gasteiger partial charge in [0.25, 0.3) is 5.56 Å². The summed E-state index contributed by atoms with van der Waals surface area (Å²) in [5.41, 5.74) is 1.11. The quantitative estimate of drug-likeness (QED) is 0.612. The molecule has 2 heterocycles. The standard InChI is InChI=1S/C16H17N5O2S2/c1-2-10-9(7-17)14(23)21-15(18-10)24-8-13(22)20-16-19-11-5-3-4-6-12(11)25-16/h2-6,8H2,1H3,(H,18,21,23)(H,19,20,22). The van der Waals surface area contributed by atoms with Gasteiger partial charge in [0.05, 0.1) is 17.1 Å². The molecule has 3 rings (SSSR count). The van der Waals surface area contributed by atoms with E-state index in [1.54, 1.807) is 0 Å². The highest BCUT2D eigenvalue weighted by atomic mass is 32.2. The molecule has 0 fully saturated rings. The maximum Gasteiger partial charge on any atom is 0.269 e. The fourth-order valence-corrected chi connectivity index (χ4v) is 4.38. The average Bonchev–Trinajstić information content (AvgIpc) is 3.01. The van der Waals surface area contributed by atoms with E-state index >= 15 is 0 Å². The van der Waals surface area contributed by atoms with Gasteiger partial charge >= 0.3 is 0 Å². The van der Waals surface area contributed by atoms with Crippen molar-refractivity contribution in [2.24, 2.45) is 0 Å². The summed E-state index contributed by atoms with van der Waals surface area (Å²) in [5.74, 6) is -0.0800. The summed E-state index contributed by atoms with van der Waals surface area (Å²) in [4.78, 5) is 36.5. The number of hydrogen-bond acceptors (Lipinski definition) is 7. The van der Waals surface area contributed by atoms with Crippen LogP contribution in [0, 0.1) is 11.3 Å². The smallest absolute Gasteiger partial charge is 0.269 e. The molecule has 0 aromatic carbocycles. The number of aryl methyl sites for hydroxylation is 3. The number of thioether (sulfide) groups is 1. The van der Waals surface area contributed by atoms with Crippen molar-refractivity contribution >= 4 is 34.1 Å². The largest absolute Gasteiger partial charge is 0.301 e. The molecule has 0 aliphatic heterocycles. The first kappa shape index (κ1) is 17.6. The van der Waals surface area contributed by atoms with Crippen molar-refractivity contribution in [1.29, 1.82) is 5.26 Å². The normalized spacial score (nSPS) is 13.1. The van der Waals surface area contributed by atoms with Gasteiger partial charge in [-0.1, -0.05) is 18.7 Å². The van der Waals surface area contributed by atoms with E-state index in [-0.39, 0.29) is 17.2 Å². The zero-order valence-corrected chi connectivity index (χ0v) is 15.4. The van der Waals surface area contributed by atoms with E-state index in [9.17, 15) is 9.59 Å². The summed E-state index contributed by atoms with van der Waals surface area (Å²) in [6.07, 6.45) is 4.82. The Morgan fingerprint density at radius 1 is 1.40 bits per heavy atom. The third kappa shape index (κ3) is 4.08. The maximum absolute atomic E-state index is 12.1. The molecule has 1 aliphatic carbocycles. The monoisotopic (exact) mass is 375 g/mol. The molecule has 130 valence electrons. The van der Waals surface area contributed by atoms with Gasteiger partial charge < -0.3 is 10.3 Å². The van der Waals surface area contributed by atoms with Crippen molar-refractivity contribution in [2.45, 2.75) is 44.2 Å². The molecule has 9 heteroatoms. The minimum Gasteiger partial charge on any atom is -0.301 e. The van der Waals surface area contributed by atoms with E-state index in [1.165, 1.54) is 22.6 Å². The summed E-state index contributed by atoms with van der Waals surface area (Å²) >= 11 is 2.67. The number of aromatic nitrogens is 3. The summed E-state index contributed by atoms with van der Waals surface area (Å²) in [5, 5.41) is 12.8. The molecule has 2 aromatic rings. The number of amides is 1. The lowest BCUT2D eigenvalue weighted by molar-refractivity contribution is -0.113. The number of nitriles is 1. The van der Waals surface area contributed by atoms with E-state index in [0.717, 1.165) is 36.7 Å². The van der Waals surface area contributed by atoms with Crippen LogP contribution in [0.4, 0.5) is 5.13 Å². The van der Waals surface area contributed by atoms with Crippen molar-refractivity contribution in [3.63, 3.8) is 0 Å². The van der Waals surface area contributed by atoms with Crippen LogP contribution in [-0.4, -0.2) is 26.6 Å². The Kier molecular flexibility index (Phi) is 5.50. The van der Waals surface area contributed by atoms with Gasteiger partial charge in [0.15, 0.2) is 10.3 Å². The van der Waals surface area contributed by atoms with Crippen molar-refractivity contribution in [3.05, 3.63) is 32.2 Å². The number of nitrogens with zero attached hydrogens (tertiary/aromatic N) is 3. The molecular weight excluding hydrogens is 358 g/mol. The molecule has 0 spiro atoms. The van der Waals surface area contributed by atoms with Crippen LogP contribution in [0.5, 0.6) is 0 Å². The van der Waals surface area contributed by atoms with Gasteiger partial charge in [-0.2, -0.15) is 5.26 Å². The minimum atomic E-state index is -0.468.